The van der Waals surface area contributed by atoms with Gasteiger partial charge >= 0.3 is 0 Å². The zero-order valence-corrected chi connectivity index (χ0v) is 20.5. The molecule has 0 fully saturated rings. The molecule has 1 aromatic rings. The Morgan fingerprint density at radius 3 is 2.06 bits per heavy atom. The maximum Gasteiger partial charge on any atom is 0.232 e. The van der Waals surface area contributed by atoms with Gasteiger partial charge in [0.25, 0.3) is 0 Å². The molecule has 7 heteroatoms. The minimum Gasteiger partial charge on any atom is -0.388 e. The molecular weight excluding hydrogens is 415 g/mol. The Morgan fingerprint density at radius 2 is 1.52 bits per heavy atom. The summed E-state index contributed by atoms with van der Waals surface area (Å²) in [4.78, 5) is 2.46. The Labute approximate surface area is 189 Å². The van der Waals surface area contributed by atoms with E-state index < -0.39 is 21.9 Å². The lowest BCUT2D eigenvalue weighted by Gasteiger charge is -2.23. The Hall–Kier alpha value is -1.18. The third-order valence-electron chi connectivity index (χ3n) is 5.64. The fraction of sp³-hybridized carbons (Fsp3) is 0.750. The van der Waals surface area contributed by atoms with Crippen LogP contribution in [0.4, 0.5) is 10.1 Å². The van der Waals surface area contributed by atoms with E-state index in [4.69, 9.17) is 0 Å². The van der Waals surface area contributed by atoms with Gasteiger partial charge in [0, 0.05) is 5.56 Å². The van der Waals surface area contributed by atoms with E-state index in [2.05, 4.69) is 23.5 Å². The van der Waals surface area contributed by atoms with Gasteiger partial charge in [0.1, 0.15) is 5.82 Å². The number of halogens is 1. The molecule has 31 heavy (non-hydrogen) atoms. The van der Waals surface area contributed by atoms with E-state index in [1.165, 1.54) is 76.5 Å². The molecule has 2 N–H and O–H groups in total. The van der Waals surface area contributed by atoms with Gasteiger partial charge in [-0.3, -0.25) is 4.72 Å². The van der Waals surface area contributed by atoms with Crippen LogP contribution < -0.4 is 4.72 Å². The van der Waals surface area contributed by atoms with Gasteiger partial charge in [-0.2, -0.15) is 0 Å². The molecule has 0 aliphatic carbocycles. The van der Waals surface area contributed by atoms with Crippen molar-refractivity contribution >= 4 is 15.7 Å². The number of unbranched alkanes of at least 4 members (excludes halogenated alkanes) is 6. The lowest BCUT2D eigenvalue weighted by Crippen LogP contribution is -2.27. The van der Waals surface area contributed by atoms with Crippen molar-refractivity contribution in [3.8, 4) is 0 Å². The van der Waals surface area contributed by atoms with Crippen LogP contribution in [-0.4, -0.2) is 43.8 Å². The van der Waals surface area contributed by atoms with Crippen LogP contribution in [0.3, 0.4) is 0 Å². The molecule has 0 saturated heterocycles. The second kappa shape index (κ2) is 15.6. The van der Waals surface area contributed by atoms with Crippen molar-refractivity contribution in [2.24, 2.45) is 0 Å². The first-order valence-corrected chi connectivity index (χ1v) is 13.7. The van der Waals surface area contributed by atoms with Gasteiger partial charge in [-0.25, -0.2) is 12.8 Å². The molecule has 0 aliphatic rings. The molecule has 0 aliphatic heterocycles. The van der Waals surface area contributed by atoms with Crippen LogP contribution in [0.25, 0.3) is 0 Å². The number of hydrogen-bond donors (Lipinski definition) is 2. The van der Waals surface area contributed by atoms with Crippen molar-refractivity contribution in [2.75, 3.05) is 30.1 Å². The summed E-state index contributed by atoms with van der Waals surface area (Å²) in [6.07, 6.45) is 9.86. The topological polar surface area (TPSA) is 69.6 Å². The average molecular weight is 459 g/mol. The second-order valence-corrected chi connectivity index (χ2v) is 10.3. The Kier molecular flexibility index (Phi) is 14.0. The van der Waals surface area contributed by atoms with E-state index in [0.29, 0.717) is 6.42 Å². The van der Waals surface area contributed by atoms with Crippen molar-refractivity contribution < 1.29 is 17.9 Å². The number of anilines is 1. The lowest BCUT2D eigenvalue weighted by atomic mass is 10.0. The summed E-state index contributed by atoms with van der Waals surface area (Å²) in [5.74, 6) is -0.691. The highest BCUT2D eigenvalue weighted by Crippen LogP contribution is 2.30. The summed E-state index contributed by atoms with van der Waals surface area (Å²) < 4.78 is 40.7. The number of sulfonamides is 1. The van der Waals surface area contributed by atoms with Crippen LogP contribution in [0.5, 0.6) is 0 Å². The van der Waals surface area contributed by atoms with Crippen LogP contribution in [0.2, 0.25) is 0 Å². The summed E-state index contributed by atoms with van der Waals surface area (Å²) in [5.41, 5.74) is 0.169. The first-order chi connectivity index (χ1) is 14.8. The standard InChI is InChI=1S/C24H43FN2O3S/c1-4-7-9-11-18-27(19-12-10-8-5-2)20-14-17-23(28)24-21(25)15-13-16-22(24)26-31(29,30)6-3/h13,15-16,23,26,28H,4-12,14,17-20H2,1-3H3. The van der Waals surface area contributed by atoms with Crippen molar-refractivity contribution in [3.63, 3.8) is 0 Å². The van der Waals surface area contributed by atoms with Crippen LogP contribution in [0.1, 0.15) is 96.6 Å². The number of rotatable bonds is 18. The summed E-state index contributed by atoms with van der Waals surface area (Å²) in [7, 11) is -3.55. The highest BCUT2D eigenvalue weighted by atomic mass is 32.2. The molecular formula is C24H43FN2O3S. The number of hydrogen-bond acceptors (Lipinski definition) is 4. The third-order valence-corrected chi connectivity index (χ3v) is 6.93. The van der Waals surface area contributed by atoms with E-state index in [-0.39, 0.29) is 17.0 Å². The van der Waals surface area contributed by atoms with Crippen molar-refractivity contribution in [3.05, 3.63) is 29.6 Å². The van der Waals surface area contributed by atoms with Crippen LogP contribution in [-0.2, 0) is 10.0 Å². The maximum absolute atomic E-state index is 14.4. The molecule has 180 valence electrons. The molecule has 1 aromatic carbocycles. The highest BCUT2D eigenvalue weighted by molar-refractivity contribution is 7.92. The summed E-state index contributed by atoms with van der Waals surface area (Å²) in [6.45, 7) is 8.92. The highest BCUT2D eigenvalue weighted by Gasteiger charge is 2.20. The van der Waals surface area contributed by atoms with Crippen LogP contribution >= 0.6 is 0 Å². The Morgan fingerprint density at radius 1 is 0.935 bits per heavy atom. The van der Waals surface area contributed by atoms with Gasteiger partial charge < -0.3 is 10.0 Å². The summed E-state index contributed by atoms with van der Waals surface area (Å²) >= 11 is 0. The van der Waals surface area contributed by atoms with Gasteiger partial charge in [0.15, 0.2) is 0 Å². The second-order valence-electron chi connectivity index (χ2n) is 8.33. The first-order valence-electron chi connectivity index (χ1n) is 12.0. The zero-order chi connectivity index (χ0) is 23.1. The molecule has 1 rings (SSSR count). The lowest BCUT2D eigenvalue weighted by molar-refractivity contribution is 0.151. The van der Waals surface area contributed by atoms with E-state index in [0.717, 1.165) is 26.1 Å². The average Bonchev–Trinajstić information content (AvgIpc) is 2.73. The molecule has 0 heterocycles. The number of nitrogens with zero attached hydrogens (tertiary/aromatic N) is 1. The Balaban J connectivity index is 2.67. The van der Waals surface area contributed by atoms with Crippen molar-refractivity contribution in [1.82, 2.24) is 4.90 Å². The molecule has 0 radical (unpaired) electrons. The van der Waals surface area contributed by atoms with Gasteiger partial charge in [0.05, 0.1) is 17.5 Å². The molecule has 0 bridgehead atoms. The first kappa shape index (κ1) is 27.9. The van der Waals surface area contributed by atoms with Crippen molar-refractivity contribution in [2.45, 2.75) is 91.1 Å². The van der Waals surface area contributed by atoms with E-state index in [1.54, 1.807) is 0 Å². The fourth-order valence-corrected chi connectivity index (χ4v) is 4.37. The SMILES string of the molecule is CCCCCCN(CCCCCC)CCCC(O)c1c(F)cccc1NS(=O)(=O)CC. The van der Waals surface area contributed by atoms with Crippen LogP contribution in [0.15, 0.2) is 18.2 Å². The zero-order valence-electron chi connectivity index (χ0n) is 19.7. The largest absolute Gasteiger partial charge is 0.388 e. The van der Waals surface area contributed by atoms with Gasteiger partial charge in [0.2, 0.25) is 10.0 Å². The quantitative estimate of drug-likeness (QED) is 0.270. The molecule has 0 saturated carbocycles. The van der Waals surface area contributed by atoms with E-state index in [9.17, 15) is 17.9 Å². The summed E-state index contributed by atoms with van der Waals surface area (Å²) in [5, 5.41) is 10.7. The van der Waals surface area contributed by atoms with Crippen molar-refractivity contribution in [1.29, 1.82) is 0 Å². The van der Waals surface area contributed by atoms with E-state index in [1.807, 2.05) is 0 Å². The number of nitrogens with one attached hydrogen (secondary N) is 1. The number of aliphatic hydroxyl groups is 1. The predicted octanol–water partition coefficient (Wildman–Crippen LogP) is 5.86. The predicted molar refractivity (Wildman–Crippen MR) is 128 cm³/mol. The smallest absolute Gasteiger partial charge is 0.232 e. The van der Waals surface area contributed by atoms with Gasteiger partial charge in [-0.15, -0.1) is 0 Å². The number of aliphatic hydroxyl groups excluding tert-OH is 1. The monoisotopic (exact) mass is 458 g/mol. The van der Waals surface area contributed by atoms with Crippen LogP contribution in [0, 0.1) is 5.82 Å². The van der Waals surface area contributed by atoms with Gasteiger partial charge in [-0.05, 0) is 64.4 Å². The fourth-order valence-electron chi connectivity index (χ4n) is 3.72. The normalized spacial score (nSPS) is 13.0. The minimum absolute atomic E-state index is 0.0389. The maximum atomic E-state index is 14.4. The Bertz CT molecular complexity index is 701. The molecule has 5 nitrogen and oxygen atoms in total. The number of benzene rings is 1. The molecule has 1 atom stereocenters. The van der Waals surface area contributed by atoms with Gasteiger partial charge in [-0.1, -0.05) is 58.4 Å². The minimum atomic E-state index is -3.55. The summed E-state index contributed by atoms with van der Waals surface area (Å²) in [6, 6.07) is 4.21. The molecule has 0 spiro atoms. The third kappa shape index (κ3) is 11.3. The molecule has 0 aromatic heterocycles. The molecule has 0 amide bonds. The van der Waals surface area contributed by atoms with E-state index >= 15 is 0 Å². The molecule has 1 unspecified atom stereocenters.